The SMILES string of the molecule is CCS(=O)(=O)N1CC(CN)(n2cc(-c3nc(Nc4cnn(C)c4)nc4ccsc34)cn2)C1. The van der Waals surface area contributed by atoms with E-state index in [1.165, 1.54) is 4.31 Å². The Morgan fingerprint density at radius 2 is 2.03 bits per heavy atom. The molecule has 13 heteroatoms. The maximum Gasteiger partial charge on any atom is 0.228 e. The van der Waals surface area contributed by atoms with Gasteiger partial charge >= 0.3 is 0 Å². The number of fused-ring (bicyclic) bond motifs is 1. The first-order valence-electron chi connectivity index (χ1n) is 10.1. The molecule has 168 valence electrons. The molecule has 1 saturated heterocycles. The van der Waals surface area contributed by atoms with Gasteiger partial charge in [0.05, 0.1) is 39.7 Å². The van der Waals surface area contributed by atoms with Crippen molar-refractivity contribution >= 4 is 43.2 Å². The highest BCUT2D eigenvalue weighted by Crippen LogP contribution is 2.35. The lowest BCUT2D eigenvalue weighted by atomic mass is 9.93. The summed E-state index contributed by atoms with van der Waals surface area (Å²) in [6, 6.07) is 1.95. The first-order valence-corrected chi connectivity index (χ1v) is 12.6. The fraction of sp³-hybridized carbons (Fsp3) is 0.368. The zero-order valence-corrected chi connectivity index (χ0v) is 19.3. The summed E-state index contributed by atoms with van der Waals surface area (Å²) in [6.07, 6.45) is 7.18. The molecule has 3 N–H and O–H groups in total. The fourth-order valence-electron chi connectivity index (χ4n) is 3.79. The lowest BCUT2D eigenvalue weighted by Gasteiger charge is -2.48. The Labute approximate surface area is 188 Å². The molecular formula is C19H23N9O2S2. The van der Waals surface area contributed by atoms with E-state index in [4.69, 9.17) is 10.7 Å². The van der Waals surface area contributed by atoms with Crippen molar-refractivity contribution in [1.29, 1.82) is 0 Å². The van der Waals surface area contributed by atoms with Gasteiger partial charge in [-0.25, -0.2) is 18.4 Å². The molecule has 32 heavy (non-hydrogen) atoms. The van der Waals surface area contributed by atoms with Crippen LogP contribution in [0.2, 0.25) is 0 Å². The second-order valence-corrected chi connectivity index (χ2v) is 11.0. The number of nitrogens with two attached hydrogens (primary N) is 1. The van der Waals surface area contributed by atoms with E-state index in [2.05, 4.69) is 20.5 Å². The van der Waals surface area contributed by atoms with Gasteiger partial charge in [-0.2, -0.15) is 14.5 Å². The molecule has 1 aliphatic rings. The van der Waals surface area contributed by atoms with Crippen LogP contribution in [0.5, 0.6) is 0 Å². The fourth-order valence-corrected chi connectivity index (χ4v) is 5.87. The van der Waals surface area contributed by atoms with Crippen LogP contribution in [-0.4, -0.2) is 67.6 Å². The molecule has 0 amide bonds. The molecule has 5 heterocycles. The molecule has 4 aromatic heterocycles. The second kappa shape index (κ2) is 7.62. The van der Waals surface area contributed by atoms with Crippen molar-refractivity contribution in [2.24, 2.45) is 12.8 Å². The monoisotopic (exact) mass is 473 g/mol. The molecule has 0 spiro atoms. The molecular weight excluding hydrogens is 450 g/mol. The van der Waals surface area contributed by atoms with Gasteiger partial charge in [-0.05, 0) is 18.4 Å². The van der Waals surface area contributed by atoms with Gasteiger partial charge in [0.1, 0.15) is 5.54 Å². The maximum absolute atomic E-state index is 12.2. The van der Waals surface area contributed by atoms with Gasteiger partial charge < -0.3 is 11.1 Å². The summed E-state index contributed by atoms with van der Waals surface area (Å²) in [5.41, 5.74) is 8.70. The summed E-state index contributed by atoms with van der Waals surface area (Å²) in [7, 11) is -1.41. The average molecular weight is 474 g/mol. The molecule has 0 aliphatic carbocycles. The Hall–Kier alpha value is -2.87. The molecule has 5 rings (SSSR count). The number of nitrogens with zero attached hydrogens (tertiary/aromatic N) is 7. The van der Waals surface area contributed by atoms with Gasteiger partial charge in [0.15, 0.2) is 0 Å². The largest absolute Gasteiger partial charge is 0.328 e. The van der Waals surface area contributed by atoms with Crippen molar-refractivity contribution in [1.82, 2.24) is 33.8 Å². The minimum atomic E-state index is -3.25. The third-order valence-corrected chi connectivity index (χ3v) is 8.37. The highest BCUT2D eigenvalue weighted by molar-refractivity contribution is 7.89. The van der Waals surface area contributed by atoms with Gasteiger partial charge in [0.2, 0.25) is 16.0 Å². The summed E-state index contributed by atoms with van der Waals surface area (Å²) in [6.45, 7) is 2.55. The van der Waals surface area contributed by atoms with Crippen molar-refractivity contribution in [3.8, 4) is 11.3 Å². The van der Waals surface area contributed by atoms with Crippen LogP contribution in [0.25, 0.3) is 21.5 Å². The van der Waals surface area contributed by atoms with Crippen molar-refractivity contribution in [3.63, 3.8) is 0 Å². The molecule has 0 radical (unpaired) electrons. The molecule has 0 atom stereocenters. The van der Waals surface area contributed by atoms with Gasteiger partial charge in [-0.15, -0.1) is 11.3 Å². The molecule has 1 fully saturated rings. The van der Waals surface area contributed by atoms with Crippen LogP contribution in [0.1, 0.15) is 6.92 Å². The average Bonchev–Trinajstić information content (AvgIpc) is 3.48. The summed E-state index contributed by atoms with van der Waals surface area (Å²) < 4.78 is 30.2. The zero-order valence-electron chi connectivity index (χ0n) is 17.6. The highest BCUT2D eigenvalue weighted by Gasteiger charge is 2.48. The summed E-state index contributed by atoms with van der Waals surface area (Å²) in [5.74, 6) is 0.534. The Morgan fingerprint density at radius 3 is 2.72 bits per heavy atom. The van der Waals surface area contributed by atoms with E-state index >= 15 is 0 Å². The van der Waals surface area contributed by atoms with E-state index in [0.717, 1.165) is 27.2 Å². The molecule has 0 saturated carbocycles. The number of anilines is 2. The van der Waals surface area contributed by atoms with E-state index in [1.807, 2.05) is 30.9 Å². The second-order valence-electron chi connectivity index (χ2n) is 7.83. The first kappa shape index (κ1) is 21.0. The molecule has 0 bridgehead atoms. The van der Waals surface area contributed by atoms with E-state index in [0.29, 0.717) is 19.0 Å². The van der Waals surface area contributed by atoms with Crippen LogP contribution in [0, 0.1) is 0 Å². The van der Waals surface area contributed by atoms with Crippen molar-refractivity contribution in [2.75, 3.05) is 30.7 Å². The van der Waals surface area contributed by atoms with Crippen LogP contribution in [0.4, 0.5) is 11.6 Å². The normalized spacial score (nSPS) is 16.3. The van der Waals surface area contributed by atoms with Crippen molar-refractivity contribution < 1.29 is 8.42 Å². The van der Waals surface area contributed by atoms with Gasteiger partial charge in [0.25, 0.3) is 0 Å². The zero-order chi connectivity index (χ0) is 22.5. The summed E-state index contributed by atoms with van der Waals surface area (Å²) in [5, 5.41) is 13.9. The predicted octanol–water partition coefficient (Wildman–Crippen LogP) is 1.35. The van der Waals surface area contributed by atoms with E-state index < -0.39 is 15.6 Å². The highest BCUT2D eigenvalue weighted by atomic mass is 32.2. The summed E-state index contributed by atoms with van der Waals surface area (Å²) in [4.78, 5) is 9.34. The number of hydrogen-bond donors (Lipinski definition) is 2. The quantitative estimate of drug-likeness (QED) is 0.410. The molecule has 1 aliphatic heterocycles. The first-order chi connectivity index (χ1) is 15.3. The summed E-state index contributed by atoms with van der Waals surface area (Å²) >= 11 is 1.56. The van der Waals surface area contributed by atoms with E-state index in [1.54, 1.807) is 40.0 Å². The Balaban J connectivity index is 1.48. The Morgan fingerprint density at radius 1 is 1.22 bits per heavy atom. The number of hydrogen-bond acceptors (Lipinski definition) is 9. The van der Waals surface area contributed by atoms with E-state index in [-0.39, 0.29) is 12.3 Å². The standard InChI is InChI=1S/C19H23N9O2S2/c1-3-32(29,30)27-11-19(10-20,12-27)28-8-13(6-22-28)16-17-15(4-5-31-17)24-18(25-16)23-14-7-21-26(2)9-14/h4-9H,3,10-12,20H2,1-2H3,(H,23,24,25). The minimum absolute atomic E-state index is 0.0714. The Kier molecular flexibility index (Phi) is 5.00. The van der Waals surface area contributed by atoms with Gasteiger partial charge in [-0.3, -0.25) is 9.36 Å². The number of aromatic nitrogens is 6. The minimum Gasteiger partial charge on any atom is -0.328 e. The molecule has 4 aromatic rings. The van der Waals surface area contributed by atoms with Crippen LogP contribution in [0.3, 0.4) is 0 Å². The van der Waals surface area contributed by atoms with Gasteiger partial charge in [-0.1, -0.05) is 0 Å². The van der Waals surface area contributed by atoms with Crippen molar-refractivity contribution in [2.45, 2.75) is 12.5 Å². The predicted molar refractivity (Wildman–Crippen MR) is 123 cm³/mol. The molecule has 0 unspecified atom stereocenters. The number of thiophene rings is 1. The Bertz CT molecular complexity index is 1380. The molecule has 11 nitrogen and oxygen atoms in total. The number of aryl methyl sites for hydroxylation is 1. The number of sulfonamides is 1. The number of nitrogens with one attached hydrogen (secondary N) is 1. The van der Waals surface area contributed by atoms with Crippen LogP contribution in [-0.2, 0) is 22.6 Å². The lowest BCUT2D eigenvalue weighted by molar-refractivity contribution is 0.0759. The number of rotatable bonds is 7. The third kappa shape index (κ3) is 3.46. The van der Waals surface area contributed by atoms with Crippen LogP contribution < -0.4 is 11.1 Å². The lowest BCUT2D eigenvalue weighted by Crippen LogP contribution is -2.67. The topological polar surface area (TPSA) is 137 Å². The van der Waals surface area contributed by atoms with Crippen LogP contribution in [0.15, 0.2) is 36.2 Å². The van der Waals surface area contributed by atoms with Crippen molar-refractivity contribution in [3.05, 3.63) is 36.2 Å². The third-order valence-electron chi connectivity index (χ3n) is 5.69. The maximum atomic E-state index is 12.2. The van der Waals surface area contributed by atoms with Crippen LogP contribution >= 0.6 is 11.3 Å². The smallest absolute Gasteiger partial charge is 0.228 e. The molecule has 0 aromatic carbocycles. The van der Waals surface area contributed by atoms with E-state index in [9.17, 15) is 8.42 Å². The van der Waals surface area contributed by atoms with Gasteiger partial charge in [0, 0.05) is 44.6 Å².